The van der Waals surface area contributed by atoms with Crippen LogP contribution in [0.2, 0.25) is 0 Å². The fraction of sp³-hybridized carbons (Fsp3) is 0.250. The van der Waals surface area contributed by atoms with Gasteiger partial charge in [0.25, 0.3) is 0 Å². The van der Waals surface area contributed by atoms with Crippen molar-refractivity contribution in [2.45, 2.75) is 26.1 Å². The first-order valence-corrected chi connectivity index (χ1v) is 6.37. The topological polar surface area (TPSA) is 12.0 Å². The predicted molar refractivity (Wildman–Crippen MR) is 74.7 cm³/mol. The van der Waals surface area contributed by atoms with Crippen LogP contribution in [-0.2, 0) is 6.18 Å². The standard InChI is InChI=1S/C16H16F3N/c1-11-8-9-14(16(17,18)19)10-15(11)20-12(2)13-6-4-3-5-7-13/h3-10,12,20H,1-2H3. The van der Waals surface area contributed by atoms with Crippen molar-refractivity contribution in [2.75, 3.05) is 5.32 Å². The molecule has 0 bridgehead atoms. The molecule has 0 aliphatic heterocycles. The number of anilines is 1. The zero-order chi connectivity index (χ0) is 14.8. The van der Waals surface area contributed by atoms with Crippen LogP contribution in [0.3, 0.4) is 0 Å². The first kappa shape index (κ1) is 14.4. The molecule has 0 amide bonds. The summed E-state index contributed by atoms with van der Waals surface area (Å²) in [5.74, 6) is 0. The van der Waals surface area contributed by atoms with Crippen LogP contribution in [-0.4, -0.2) is 0 Å². The Bertz CT molecular complexity index is 576. The third-order valence-electron chi connectivity index (χ3n) is 3.24. The summed E-state index contributed by atoms with van der Waals surface area (Å²) in [6.07, 6.45) is -4.32. The van der Waals surface area contributed by atoms with E-state index in [1.165, 1.54) is 6.07 Å². The summed E-state index contributed by atoms with van der Waals surface area (Å²) >= 11 is 0. The lowest BCUT2D eigenvalue weighted by molar-refractivity contribution is -0.137. The molecule has 4 heteroatoms. The van der Waals surface area contributed by atoms with Crippen molar-refractivity contribution >= 4 is 5.69 Å². The summed E-state index contributed by atoms with van der Waals surface area (Å²) in [5, 5.41) is 3.14. The Hall–Kier alpha value is -1.97. The molecule has 0 aliphatic rings. The molecule has 2 rings (SSSR count). The molecule has 20 heavy (non-hydrogen) atoms. The van der Waals surface area contributed by atoms with Gasteiger partial charge in [-0.05, 0) is 37.1 Å². The van der Waals surface area contributed by atoms with Gasteiger partial charge >= 0.3 is 6.18 Å². The van der Waals surface area contributed by atoms with Crippen molar-refractivity contribution in [3.8, 4) is 0 Å². The normalized spacial score (nSPS) is 13.1. The average molecular weight is 279 g/mol. The van der Waals surface area contributed by atoms with Gasteiger partial charge in [0.05, 0.1) is 5.56 Å². The van der Waals surface area contributed by atoms with Crippen LogP contribution in [0.15, 0.2) is 48.5 Å². The van der Waals surface area contributed by atoms with Crippen LogP contribution in [0, 0.1) is 6.92 Å². The van der Waals surface area contributed by atoms with Crippen LogP contribution in [0.25, 0.3) is 0 Å². The molecular weight excluding hydrogens is 263 g/mol. The van der Waals surface area contributed by atoms with Gasteiger partial charge in [-0.1, -0.05) is 36.4 Å². The lowest BCUT2D eigenvalue weighted by Gasteiger charge is -2.19. The van der Waals surface area contributed by atoms with E-state index in [0.717, 1.165) is 23.3 Å². The van der Waals surface area contributed by atoms with E-state index in [2.05, 4.69) is 5.32 Å². The highest BCUT2D eigenvalue weighted by Crippen LogP contribution is 2.33. The SMILES string of the molecule is Cc1ccc(C(F)(F)F)cc1NC(C)c1ccccc1. The number of hydrogen-bond acceptors (Lipinski definition) is 1. The minimum Gasteiger partial charge on any atom is -0.378 e. The molecule has 0 saturated heterocycles. The molecule has 1 unspecified atom stereocenters. The van der Waals surface area contributed by atoms with Crippen molar-refractivity contribution in [1.29, 1.82) is 0 Å². The molecule has 2 aromatic carbocycles. The maximum Gasteiger partial charge on any atom is 0.416 e. The Balaban J connectivity index is 2.25. The molecule has 0 aliphatic carbocycles. The number of hydrogen-bond donors (Lipinski definition) is 1. The second-order valence-electron chi connectivity index (χ2n) is 4.80. The number of rotatable bonds is 3. The maximum atomic E-state index is 12.7. The molecular formula is C16H16F3N. The van der Waals surface area contributed by atoms with Crippen LogP contribution in [0.1, 0.15) is 29.7 Å². The zero-order valence-corrected chi connectivity index (χ0v) is 11.3. The number of halogens is 3. The van der Waals surface area contributed by atoms with Crippen molar-refractivity contribution in [1.82, 2.24) is 0 Å². The molecule has 1 nitrogen and oxygen atoms in total. The van der Waals surface area contributed by atoms with E-state index >= 15 is 0 Å². The van der Waals surface area contributed by atoms with E-state index in [9.17, 15) is 13.2 Å². The van der Waals surface area contributed by atoms with E-state index in [0.29, 0.717) is 5.69 Å². The lowest BCUT2D eigenvalue weighted by Crippen LogP contribution is -2.10. The highest BCUT2D eigenvalue weighted by molar-refractivity contribution is 5.54. The molecule has 1 atom stereocenters. The molecule has 0 saturated carbocycles. The predicted octanol–water partition coefficient (Wildman–Crippen LogP) is 5.19. The summed E-state index contributed by atoms with van der Waals surface area (Å²) in [6.45, 7) is 3.72. The first-order chi connectivity index (χ1) is 9.38. The quantitative estimate of drug-likeness (QED) is 0.815. The van der Waals surface area contributed by atoms with Gasteiger partial charge in [-0.3, -0.25) is 0 Å². The average Bonchev–Trinajstić information content (AvgIpc) is 2.41. The van der Waals surface area contributed by atoms with Crippen molar-refractivity contribution in [3.05, 3.63) is 65.2 Å². The van der Waals surface area contributed by atoms with E-state index in [1.807, 2.05) is 37.3 Å². The second-order valence-corrected chi connectivity index (χ2v) is 4.80. The monoisotopic (exact) mass is 279 g/mol. The minimum atomic E-state index is -4.32. The van der Waals surface area contributed by atoms with Crippen LogP contribution >= 0.6 is 0 Å². The number of benzene rings is 2. The highest BCUT2D eigenvalue weighted by Gasteiger charge is 2.30. The Morgan fingerprint density at radius 1 is 1.00 bits per heavy atom. The van der Waals surface area contributed by atoms with Gasteiger partial charge < -0.3 is 5.32 Å². The Morgan fingerprint density at radius 3 is 2.25 bits per heavy atom. The molecule has 0 spiro atoms. The minimum absolute atomic E-state index is 0.0571. The molecule has 0 heterocycles. The molecule has 0 fully saturated rings. The number of aryl methyl sites for hydroxylation is 1. The van der Waals surface area contributed by atoms with E-state index < -0.39 is 11.7 Å². The van der Waals surface area contributed by atoms with Gasteiger partial charge in [-0.25, -0.2) is 0 Å². The van der Waals surface area contributed by atoms with Crippen LogP contribution < -0.4 is 5.32 Å². The van der Waals surface area contributed by atoms with Crippen LogP contribution in [0.4, 0.5) is 18.9 Å². The van der Waals surface area contributed by atoms with Crippen LogP contribution in [0.5, 0.6) is 0 Å². The summed E-state index contributed by atoms with van der Waals surface area (Å²) in [7, 11) is 0. The third-order valence-corrected chi connectivity index (χ3v) is 3.24. The van der Waals surface area contributed by atoms with Crippen molar-refractivity contribution < 1.29 is 13.2 Å². The van der Waals surface area contributed by atoms with Gasteiger partial charge in [-0.15, -0.1) is 0 Å². The van der Waals surface area contributed by atoms with Gasteiger partial charge in [-0.2, -0.15) is 13.2 Å². The molecule has 0 aromatic heterocycles. The second kappa shape index (κ2) is 5.57. The largest absolute Gasteiger partial charge is 0.416 e. The van der Waals surface area contributed by atoms with Crippen molar-refractivity contribution in [3.63, 3.8) is 0 Å². The van der Waals surface area contributed by atoms with Gasteiger partial charge in [0, 0.05) is 11.7 Å². The van der Waals surface area contributed by atoms with E-state index in [-0.39, 0.29) is 6.04 Å². The van der Waals surface area contributed by atoms with Gasteiger partial charge in [0.2, 0.25) is 0 Å². The fourth-order valence-electron chi connectivity index (χ4n) is 2.01. The Labute approximate surface area is 116 Å². The summed E-state index contributed by atoms with van der Waals surface area (Å²) < 4.78 is 38.2. The summed E-state index contributed by atoms with van der Waals surface area (Å²) in [5.41, 5.74) is 1.70. The number of alkyl halides is 3. The van der Waals surface area contributed by atoms with Crippen molar-refractivity contribution in [2.24, 2.45) is 0 Å². The fourth-order valence-corrected chi connectivity index (χ4v) is 2.01. The van der Waals surface area contributed by atoms with Gasteiger partial charge in [0.15, 0.2) is 0 Å². The lowest BCUT2D eigenvalue weighted by atomic mass is 10.1. The summed E-state index contributed by atoms with van der Waals surface area (Å²) in [6, 6.07) is 13.3. The Kier molecular flexibility index (Phi) is 4.02. The molecule has 0 radical (unpaired) electrons. The summed E-state index contributed by atoms with van der Waals surface area (Å²) in [4.78, 5) is 0. The number of nitrogens with one attached hydrogen (secondary N) is 1. The van der Waals surface area contributed by atoms with E-state index in [4.69, 9.17) is 0 Å². The first-order valence-electron chi connectivity index (χ1n) is 6.37. The smallest absolute Gasteiger partial charge is 0.378 e. The maximum absolute atomic E-state index is 12.7. The van der Waals surface area contributed by atoms with E-state index in [1.54, 1.807) is 6.92 Å². The molecule has 2 aromatic rings. The zero-order valence-electron chi connectivity index (χ0n) is 11.3. The van der Waals surface area contributed by atoms with Gasteiger partial charge in [0.1, 0.15) is 0 Å². The highest BCUT2D eigenvalue weighted by atomic mass is 19.4. The Morgan fingerprint density at radius 2 is 1.65 bits per heavy atom. The molecule has 106 valence electrons. The molecule has 1 N–H and O–H groups in total. The third kappa shape index (κ3) is 3.32.